The van der Waals surface area contributed by atoms with Gasteiger partial charge in [0.2, 0.25) is 0 Å². The van der Waals surface area contributed by atoms with Crippen molar-refractivity contribution in [2.24, 2.45) is 0 Å². The molecule has 29 heavy (non-hydrogen) atoms. The Labute approximate surface area is 172 Å². The first kappa shape index (κ1) is 20.9. The molecule has 0 aromatic heterocycles. The third kappa shape index (κ3) is 4.44. The summed E-state index contributed by atoms with van der Waals surface area (Å²) in [6.07, 6.45) is 0. The van der Waals surface area contributed by atoms with Crippen LogP contribution in [0.4, 0.5) is 14.5 Å². The summed E-state index contributed by atoms with van der Waals surface area (Å²) in [5.74, 6) is -2.13. The van der Waals surface area contributed by atoms with Crippen molar-refractivity contribution in [1.82, 2.24) is 5.32 Å². The average Bonchev–Trinajstić information content (AvgIpc) is 2.68. The quantitative estimate of drug-likeness (QED) is 0.437. The number of allylic oxidation sites excluding steroid dienone is 1. The van der Waals surface area contributed by atoms with Gasteiger partial charge in [-0.15, -0.1) is 0 Å². The first-order valence-corrected chi connectivity index (χ1v) is 9.32. The van der Waals surface area contributed by atoms with Crippen LogP contribution in [0.15, 0.2) is 59.8 Å². The lowest BCUT2D eigenvalue weighted by Crippen LogP contribution is -2.48. The molecule has 1 aliphatic heterocycles. The van der Waals surface area contributed by atoms with Gasteiger partial charge in [-0.3, -0.25) is 4.90 Å². The van der Waals surface area contributed by atoms with Crippen LogP contribution in [0.3, 0.4) is 0 Å². The van der Waals surface area contributed by atoms with Gasteiger partial charge in [-0.05, 0) is 37.3 Å². The van der Waals surface area contributed by atoms with Gasteiger partial charge in [0.25, 0.3) is 0 Å². The Hall–Kier alpha value is -2.84. The Morgan fingerprint density at radius 3 is 2.55 bits per heavy atom. The number of nitrogens with zero attached hydrogens (tertiary/aromatic N) is 1. The molecule has 0 saturated carbocycles. The third-order valence-electron chi connectivity index (χ3n) is 4.51. The molecule has 0 radical (unpaired) electrons. The van der Waals surface area contributed by atoms with E-state index in [1.54, 1.807) is 11.8 Å². The maximum Gasteiger partial charge on any atom is 0.338 e. The van der Waals surface area contributed by atoms with Gasteiger partial charge in [0.1, 0.15) is 18.2 Å². The maximum absolute atomic E-state index is 14.5. The molecular weight excluding hydrogens is 398 g/mol. The van der Waals surface area contributed by atoms with Crippen LogP contribution in [0.1, 0.15) is 18.5 Å². The smallest absolute Gasteiger partial charge is 0.338 e. The van der Waals surface area contributed by atoms with E-state index >= 15 is 0 Å². The molecule has 1 N–H and O–H groups in total. The number of rotatable bonds is 6. The Kier molecular flexibility index (Phi) is 6.56. The molecule has 1 heterocycles. The lowest BCUT2D eigenvalue weighted by Gasteiger charge is -2.37. The number of carbonyl (C=O) groups excluding carboxylic acids is 1. The summed E-state index contributed by atoms with van der Waals surface area (Å²) in [7, 11) is 1.49. The number of esters is 1. The van der Waals surface area contributed by atoms with Crippen molar-refractivity contribution in [3.63, 3.8) is 0 Å². The van der Waals surface area contributed by atoms with Crippen LogP contribution in [0.5, 0.6) is 0 Å². The first-order valence-electron chi connectivity index (χ1n) is 8.91. The van der Waals surface area contributed by atoms with E-state index in [9.17, 15) is 13.6 Å². The van der Waals surface area contributed by atoms with E-state index in [1.165, 1.54) is 13.2 Å². The van der Waals surface area contributed by atoms with Crippen LogP contribution in [0.2, 0.25) is 0 Å². The summed E-state index contributed by atoms with van der Waals surface area (Å²) in [6, 6.07) is 11.5. The van der Waals surface area contributed by atoms with Gasteiger partial charge in [0.05, 0.1) is 18.2 Å². The van der Waals surface area contributed by atoms with Gasteiger partial charge < -0.3 is 14.8 Å². The molecule has 0 spiro atoms. The van der Waals surface area contributed by atoms with E-state index in [0.717, 1.165) is 17.8 Å². The fourth-order valence-electron chi connectivity index (χ4n) is 3.16. The third-order valence-corrected chi connectivity index (χ3v) is 4.81. The van der Waals surface area contributed by atoms with Crippen molar-refractivity contribution in [2.45, 2.75) is 13.0 Å². The second-order valence-electron chi connectivity index (χ2n) is 6.35. The van der Waals surface area contributed by atoms with Crippen molar-refractivity contribution >= 4 is 29.0 Å². The fraction of sp³-hybridized carbons (Fsp3) is 0.238. The topological polar surface area (TPSA) is 50.8 Å². The zero-order valence-corrected chi connectivity index (χ0v) is 16.8. The van der Waals surface area contributed by atoms with E-state index in [0.29, 0.717) is 5.70 Å². The molecule has 1 unspecified atom stereocenters. The Balaban J connectivity index is 2.09. The SMILES string of the molecule is COCCOC(=O)C1=C(C)N(c2ccccc2)C(=S)NC1c1ccc(F)cc1F. The summed E-state index contributed by atoms with van der Waals surface area (Å²) in [4.78, 5) is 14.6. The van der Waals surface area contributed by atoms with Crippen LogP contribution in [-0.4, -0.2) is 31.4 Å². The Morgan fingerprint density at radius 2 is 1.90 bits per heavy atom. The van der Waals surface area contributed by atoms with Crippen LogP contribution < -0.4 is 10.2 Å². The number of hydrogen-bond acceptors (Lipinski definition) is 4. The highest BCUT2D eigenvalue weighted by Crippen LogP contribution is 2.35. The normalized spacial score (nSPS) is 16.6. The average molecular weight is 418 g/mol. The number of para-hydroxylation sites is 1. The number of nitrogens with one attached hydrogen (secondary N) is 1. The van der Waals surface area contributed by atoms with Gasteiger partial charge >= 0.3 is 5.97 Å². The van der Waals surface area contributed by atoms with E-state index in [4.69, 9.17) is 21.7 Å². The monoisotopic (exact) mass is 418 g/mol. The number of halogens is 2. The Bertz CT molecular complexity index is 950. The van der Waals surface area contributed by atoms with Gasteiger partial charge in [-0.2, -0.15) is 0 Å². The molecule has 1 aliphatic rings. The molecular formula is C21H20F2N2O3S. The number of anilines is 1. The second-order valence-corrected chi connectivity index (χ2v) is 6.73. The fourth-order valence-corrected chi connectivity index (χ4v) is 3.52. The van der Waals surface area contributed by atoms with E-state index in [1.807, 2.05) is 30.3 Å². The van der Waals surface area contributed by atoms with Crippen molar-refractivity contribution in [2.75, 3.05) is 25.2 Å². The van der Waals surface area contributed by atoms with Crippen molar-refractivity contribution < 1.29 is 23.0 Å². The molecule has 152 valence electrons. The van der Waals surface area contributed by atoms with Gasteiger partial charge in [-0.1, -0.05) is 24.3 Å². The second kappa shape index (κ2) is 9.11. The molecule has 2 aromatic carbocycles. The number of thiocarbonyl (C=S) groups is 1. The predicted octanol–water partition coefficient (Wildman–Crippen LogP) is 3.86. The molecule has 3 rings (SSSR count). The van der Waals surface area contributed by atoms with Crippen molar-refractivity contribution in [3.05, 3.63) is 77.0 Å². The molecule has 1 atom stereocenters. The number of hydrogen-bond donors (Lipinski definition) is 1. The van der Waals surface area contributed by atoms with E-state index in [-0.39, 0.29) is 29.5 Å². The minimum atomic E-state index is -0.918. The molecule has 5 nitrogen and oxygen atoms in total. The standard InChI is InChI=1S/C21H20F2N2O3S/c1-13-18(20(26)28-11-10-27-2)19(16-9-8-14(22)12-17(16)23)24-21(29)25(13)15-6-4-3-5-7-15/h3-9,12,19H,10-11H2,1-2H3,(H,24,29). The molecule has 0 bridgehead atoms. The highest BCUT2D eigenvalue weighted by atomic mass is 32.1. The van der Waals surface area contributed by atoms with Crippen molar-refractivity contribution in [1.29, 1.82) is 0 Å². The zero-order chi connectivity index (χ0) is 21.0. The molecule has 0 aliphatic carbocycles. The van der Waals surface area contributed by atoms with Crippen LogP contribution in [0.25, 0.3) is 0 Å². The van der Waals surface area contributed by atoms with Crippen molar-refractivity contribution in [3.8, 4) is 0 Å². The zero-order valence-electron chi connectivity index (χ0n) is 15.9. The molecule has 0 fully saturated rings. The maximum atomic E-state index is 14.5. The van der Waals surface area contributed by atoms with Gasteiger partial charge in [0, 0.05) is 30.1 Å². The number of methoxy groups -OCH3 is 1. The van der Waals surface area contributed by atoms with E-state index < -0.39 is 23.6 Å². The number of carbonyl (C=O) groups is 1. The first-order chi connectivity index (χ1) is 13.9. The van der Waals surface area contributed by atoms with Crippen LogP contribution in [0, 0.1) is 11.6 Å². The summed E-state index contributed by atoms with van der Waals surface area (Å²) < 4.78 is 38.1. The predicted molar refractivity (Wildman–Crippen MR) is 109 cm³/mol. The molecule has 0 saturated heterocycles. The summed E-state index contributed by atoms with van der Waals surface area (Å²) in [5, 5.41) is 3.29. The minimum absolute atomic E-state index is 0.0422. The van der Waals surface area contributed by atoms with Crippen LogP contribution >= 0.6 is 12.2 Å². The molecule has 0 amide bonds. The largest absolute Gasteiger partial charge is 0.460 e. The summed E-state index contributed by atoms with van der Waals surface area (Å²) in [5.41, 5.74) is 1.52. The van der Waals surface area contributed by atoms with Crippen LogP contribution in [-0.2, 0) is 14.3 Å². The van der Waals surface area contributed by atoms with E-state index in [2.05, 4.69) is 5.32 Å². The van der Waals surface area contributed by atoms with Gasteiger partial charge in [0.15, 0.2) is 5.11 Å². The highest BCUT2D eigenvalue weighted by molar-refractivity contribution is 7.80. The molecule has 2 aromatic rings. The summed E-state index contributed by atoms with van der Waals surface area (Å²) >= 11 is 5.49. The lowest BCUT2D eigenvalue weighted by molar-refractivity contribution is -0.140. The van der Waals surface area contributed by atoms with Gasteiger partial charge in [-0.25, -0.2) is 13.6 Å². The molecule has 8 heteroatoms. The minimum Gasteiger partial charge on any atom is -0.460 e. The lowest BCUT2D eigenvalue weighted by atomic mass is 9.94. The summed E-state index contributed by atoms with van der Waals surface area (Å²) in [6.45, 7) is 1.98. The Morgan fingerprint density at radius 1 is 1.17 bits per heavy atom. The highest BCUT2D eigenvalue weighted by Gasteiger charge is 2.36. The number of benzene rings is 2. The number of ether oxygens (including phenoxy) is 2.